The zero-order valence-corrected chi connectivity index (χ0v) is 18.2. The van der Waals surface area contributed by atoms with Crippen molar-refractivity contribution in [3.8, 4) is 0 Å². The third-order valence-electron chi connectivity index (χ3n) is 5.70. The minimum atomic E-state index is 0.802. The summed E-state index contributed by atoms with van der Waals surface area (Å²) in [6, 6.07) is 38.3. The molecule has 6 rings (SSSR count). The Kier molecular flexibility index (Phi) is 4.41. The van der Waals surface area contributed by atoms with Crippen molar-refractivity contribution in [1.82, 2.24) is 0 Å². The molecule has 31 heavy (non-hydrogen) atoms. The average Bonchev–Trinajstić information content (AvgIpc) is 3.19. The standard InChI is InChI=1S/C28H18ClNS/c29-26-18-25-24-17-21(15-16-27(24)31-28(25)23-14-8-7-13-22(23)26)30(19-9-3-1-4-10-19)20-11-5-2-6-12-20/h1-18H. The molecule has 0 atom stereocenters. The summed E-state index contributed by atoms with van der Waals surface area (Å²) < 4.78 is 2.56. The third-order valence-corrected chi connectivity index (χ3v) is 7.23. The highest BCUT2D eigenvalue weighted by molar-refractivity contribution is 7.26. The molecule has 1 nitrogen and oxygen atoms in total. The largest absolute Gasteiger partial charge is 0.310 e. The molecule has 6 aromatic rings. The SMILES string of the molecule is Clc1cc2c3cc(N(c4ccccc4)c4ccccc4)ccc3sc2c2ccccc12. The summed E-state index contributed by atoms with van der Waals surface area (Å²) in [5.41, 5.74) is 3.40. The second kappa shape index (κ2) is 7.42. The van der Waals surface area contributed by atoms with Crippen molar-refractivity contribution < 1.29 is 0 Å². The summed E-state index contributed by atoms with van der Waals surface area (Å²) in [6.07, 6.45) is 0. The first-order valence-electron chi connectivity index (χ1n) is 10.2. The number of nitrogens with zero attached hydrogens (tertiary/aromatic N) is 1. The van der Waals surface area contributed by atoms with Crippen LogP contribution in [-0.4, -0.2) is 0 Å². The third kappa shape index (κ3) is 3.07. The monoisotopic (exact) mass is 435 g/mol. The van der Waals surface area contributed by atoms with Crippen molar-refractivity contribution in [2.24, 2.45) is 0 Å². The van der Waals surface area contributed by atoms with Gasteiger partial charge in [-0.05, 0) is 48.5 Å². The van der Waals surface area contributed by atoms with Crippen molar-refractivity contribution in [3.63, 3.8) is 0 Å². The van der Waals surface area contributed by atoms with Crippen molar-refractivity contribution in [2.45, 2.75) is 0 Å². The van der Waals surface area contributed by atoms with Crippen LogP contribution in [0.1, 0.15) is 0 Å². The maximum absolute atomic E-state index is 6.68. The van der Waals surface area contributed by atoms with E-state index in [1.54, 1.807) is 0 Å². The fraction of sp³-hybridized carbons (Fsp3) is 0. The lowest BCUT2D eigenvalue weighted by molar-refractivity contribution is 1.29. The van der Waals surface area contributed by atoms with Gasteiger partial charge in [-0.25, -0.2) is 0 Å². The van der Waals surface area contributed by atoms with Gasteiger partial charge < -0.3 is 4.90 Å². The summed E-state index contributed by atoms with van der Waals surface area (Å²) in [7, 11) is 0. The van der Waals surface area contributed by atoms with Crippen LogP contribution in [0.25, 0.3) is 30.9 Å². The molecule has 0 bridgehead atoms. The number of para-hydroxylation sites is 2. The number of anilines is 3. The van der Waals surface area contributed by atoms with Crippen molar-refractivity contribution in [3.05, 3.63) is 114 Å². The molecule has 0 N–H and O–H groups in total. The molecule has 0 fully saturated rings. The van der Waals surface area contributed by atoms with Gasteiger partial charge >= 0.3 is 0 Å². The van der Waals surface area contributed by atoms with Crippen LogP contribution in [0.15, 0.2) is 109 Å². The molecule has 148 valence electrons. The van der Waals surface area contributed by atoms with E-state index >= 15 is 0 Å². The molecular weight excluding hydrogens is 418 g/mol. The van der Waals surface area contributed by atoms with Gasteiger partial charge in [0.05, 0.1) is 0 Å². The average molecular weight is 436 g/mol. The van der Waals surface area contributed by atoms with Gasteiger partial charge in [0.1, 0.15) is 0 Å². The predicted molar refractivity (Wildman–Crippen MR) is 137 cm³/mol. The van der Waals surface area contributed by atoms with E-state index in [0.29, 0.717) is 0 Å². The van der Waals surface area contributed by atoms with Crippen molar-refractivity contribution in [1.29, 1.82) is 0 Å². The van der Waals surface area contributed by atoms with E-state index in [4.69, 9.17) is 11.6 Å². The first-order valence-corrected chi connectivity index (χ1v) is 11.4. The molecule has 3 heteroatoms. The zero-order valence-electron chi connectivity index (χ0n) is 16.6. The molecule has 0 unspecified atom stereocenters. The summed E-state index contributed by atoms with van der Waals surface area (Å²) in [4.78, 5) is 2.30. The van der Waals surface area contributed by atoms with E-state index in [9.17, 15) is 0 Å². The summed E-state index contributed by atoms with van der Waals surface area (Å²) in [5, 5.41) is 5.58. The van der Waals surface area contributed by atoms with Gasteiger partial charge in [-0.2, -0.15) is 0 Å². The highest BCUT2D eigenvalue weighted by Gasteiger charge is 2.16. The van der Waals surface area contributed by atoms with Crippen LogP contribution in [0.5, 0.6) is 0 Å². The minimum Gasteiger partial charge on any atom is -0.310 e. The Morgan fingerprint density at radius 1 is 0.516 bits per heavy atom. The van der Waals surface area contributed by atoms with Crippen LogP contribution in [-0.2, 0) is 0 Å². The second-order valence-electron chi connectivity index (χ2n) is 7.57. The van der Waals surface area contributed by atoms with Crippen molar-refractivity contribution >= 4 is 70.9 Å². The maximum atomic E-state index is 6.68. The minimum absolute atomic E-state index is 0.802. The Morgan fingerprint density at radius 2 is 1.13 bits per heavy atom. The zero-order chi connectivity index (χ0) is 20.8. The quantitative estimate of drug-likeness (QED) is 0.267. The first-order chi connectivity index (χ1) is 15.3. The number of thiophene rings is 1. The van der Waals surface area contributed by atoms with E-state index in [2.05, 4.69) is 108 Å². The van der Waals surface area contributed by atoms with E-state index in [0.717, 1.165) is 27.5 Å². The van der Waals surface area contributed by atoms with Crippen LogP contribution in [0.4, 0.5) is 17.1 Å². The molecular formula is C28H18ClNS. The van der Waals surface area contributed by atoms with Crippen LogP contribution in [0.2, 0.25) is 5.02 Å². The molecule has 0 saturated carbocycles. The number of fused-ring (bicyclic) bond motifs is 5. The van der Waals surface area contributed by atoms with Crippen LogP contribution < -0.4 is 4.90 Å². The van der Waals surface area contributed by atoms with E-state index in [1.807, 2.05) is 17.4 Å². The Bertz CT molecular complexity index is 1500. The molecule has 0 aliphatic rings. The van der Waals surface area contributed by atoms with Gasteiger partial charge in [0.2, 0.25) is 0 Å². The van der Waals surface area contributed by atoms with Gasteiger partial charge in [-0.15, -0.1) is 11.3 Å². The van der Waals surface area contributed by atoms with Crippen LogP contribution in [0.3, 0.4) is 0 Å². The number of hydrogen-bond acceptors (Lipinski definition) is 2. The van der Waals surface area contributed by atoms with E-state index in [1.165, 1.54) is 25.6 Å². The topological polar surface area (TPSA) is 3.24 Å². The predicted octanol–water partition coefficient (Wildman–Crippen LogP) is 9.33. The first kappa shape index (κ1) is 18.4. The number of rotatable bonds is 3. The normalized spacial score (nSPS) is 11.4. The Hall–Kier alpha value is -3.33. The Balaban J connectivity index is 1.63. The molecule has 0 aliphatic heterocycles. The van der Waals surface area contributed by atoms with Crippen molar-refractivity contribution in [2.75, 3.05) is 4.90 Å². The number of halogens is 1. The number of hydrogen-bond donors (Lipinski definition) is 0. The number of benzene rings is 5. The molecule has 0 spiro atoms. The van der Waals surface area contributed by atoms with Crippen LogP contribution in [0, 0.1) is 0 Å². The summed E-state index contributed by atoms with van der Waals surface area (Å²) in [5.74, 6) is 0. The summed E-state index contributed by atoms with van der Waals surface area (Å²) >= 11 is 8.52. The molecule has 0 radical (unpaired) electrons. The fourth-order valence-corrected chi connectivity index (χ4v) is 5.76. The Labute approximate surface area is 189 Å². The molecule has 0 aliphatic carbocycles. The van der Waals surface area contributed by atoms with E-state index in [-0.39, 0.29) is 0 Å². The fourth-order valence-electron chi connectivity index (χ4n) is 4.28. The summed E-state index contributed by atoms with van der Waals surface area (Å²) in [6.45, 7) is 0. The second-order valence-corrected chi connectivity index (χ2v) is 9.03. The van der Waals surface area contributed by atoms with Gasteiger partial charge in [0.25, 0.3) is 0 Å². The highest BCUT2D eigenvalue weighted by Crippen LogP contribution is 2.44. The lowest BCUT2D eigenvalue weighted by Gasteiger charge is -2.25. The van der Waals surface area contributed by atoms with Gasteiger partial charge in [0, 0.05) is 53.0 Å². The highest BCUT2D eigenvalue weighted by atomic mass is 35.5. The Morgan fingerprint density at radius 3 is 1.81 bits per heavy atom. The van der Waals surface area contributed by atoms with E-state index < -0.39 is 0 Å². The van der Waals surface area contributed by atoms with Gasteiger partial charge in [0.15, 0.2) is 0 Å². The molecule has 1 aromatic heterocycles. The smallest absolute Gasteiger partial charge is 0.0491 e. The molecule has 1 heterocycles. The molecule has 0 saturated heterocycles. The lowest BCUT2D eigenvalue weighted by atomic mass is 10.1. The molecule has 0 amide bonds. The lowest BCUT2D eigenvalue weighted by Crippen LogP contribution is -2.09. The maximum Gasteiger partial charge on any atom is 0.0491 e. The van der Waals surface area contributed by atoms with Gasteiger partial charge in [-0.1, -0.05) is 72.3 Å². The molecule has 5 aromatic carbocycles. The van der Waals surface area contributed by atoms with Gasteiger partial charge in [-0.3, -0.25) is 0 Å². The van der Waals surface area contributed by atoms with Crippen LogP contribution >= 0.6 is 22.9 Å².